The number of ether oxygens (including phenoxy) is 1. The molecule has 1 atom stereocenters. The Labute approximate surface area is 189 Å². The van der Waals surface area contributed by atoms with Gasteiger partial charge in [0.15, 0.2) is 0 Å². The molecule has 0 saturated carbocycles. The molecule has 124 valence electrons. The molecule has 1 heterocycles. The summed E-state index contributed by atoms with van der Waals surface area (Å²) in [5, 5.41) is 0. The molecule has 2 rings (SSSR count). The topological polar surface area (TPSA) is 69.7 Å². The van der Waals surface area contributed by atoms with E-state index < -0.39 is 10.1 Å². The summed E-state index contributed by atoms with van der Waals surface area (Å²) in [7, 11) is -2.68. The Morgan fingerprint density at radius 3 is 2.50 bits per heavy atom. The number of nitrogens with zero attached hydrogens (tertiary/aromatic N) is 1. The van der Waals surface area contributed by atoms with E-state index in [4.69, 9.17) is 4.74 Å². The Hall–Kier alpha value is 0.730. The van der Waals surface area contributed by atoms with Crippen molar-refractivity contribution in [1.82, 2.24) is 0 Å². The van der Waals surface area contributed by atoms with Gasteiger partial charge in [0.2, 0.25) is 0 Å². The van der Waals surface area contributed by atoms with Crippen molar-refractivity contribution in [1.29, 1.82) is 0 Å². The Morgan fingerprint density at radius 2 is 2.00 bits per heavy atom. The molecule has 0 radical (unpaired) electrons. The number of rotatable bonds is 5. The average Bonchev–Trinajstić information content (AvgIpc) is 2.40. The minimum absolute atomic E-state index is 0. The first-order valence-electron chi connectivity index (χ1n) is 7.36. The van der Waals surface area contributed by atoms with Crippen LogP contribution in [0.25, 0.3) is 0 Å². The first kappa shape index (κ1) is 24.7. The van der Waals surface area contributed by atoms with Gasteiger partial charge in [-0.15, -0.1) is 0 Å². The van der Waals surface area contributed by atoms with Crippen molar-refractivity contribution in [2.45, 2.75) is 38.1 Å². The third kappa shape index (κ3) is 5.88. The van der Waals surface area contributed by atoms with Crippen LogP contribution in [-0.4, -0.2) is 37.9 Å². The molecule has 0 fully saturated rings. The van der Waals surface area contributed by atoms with Gasteiger partial charge in [-0.05, 0) is 38.4 Å². The number of hydrogen-bond acceptors (Lipinski definition) is 5. The molecule has 5 nitrogen and oxygen atoms in total. The van der Waals surface area contributed by atoms with Crippen LogP contribution < -0.4 is 68.8 Å². The van der Waals surface area contributed by atoms with Crippen LogP contribution in [0.1, 0.15) is 38.2 Å². The maximum atomic E-state index is 11.2. The zero-order chi connectivity index (χ0) is 16.5. The predicted molar refractivity (Wildman–Crippen MR) is 86.3 cm³/mol. The summed E-state index contributed by atoms with van der Waals surface area (Å²) in [6.45, 7) is 8.82. The molecule has 24 heavy (non-hydrogen) atoms. The fourth-order valence-electron chi connectivity index (χ4n) is 3.35. The van der Waals surface area contributed by atoms with E-state index in [1.165, 1.54) is 0 Å². The van der Waals surface area contributed by atoms with Crippen molar-refractivity contribution in [2.75, 3.05) is 24.3 Å². The van der Waals surface area contributed by atoms with Crippen LogP contribution in [0.15, 0.2) is 18.2 Å². The van der Waals surface area contributed by atoms with Gasteiger partial charge in [-0.3, -0.25) is 0 Å². The number of benzene rings is 1. The SMILES string of the molecule is [CH2-]CCN1c2cc(OC)ccc2C(CS(=O)(=O)[O-])CC1(C)C.[Na+].[Na+]. The maximum absolute atomic E-state index is 11.2. The zero-order valence-electron chi connectivity index (χ0n) is 15.3. The summed E-state index contributed by atoms with van der Waals surface area (Å²) >= 11 is 0. The van der Waals surface area contributed by atoms with Crippen molar-refractivity contribution in [3.05, 3.63) is 30.7 Å². The molecule has 0 aliphatic carbocycles. The predicted octanol–water partition coefficient (Wildman–Crippen LogP) is -3.46. The van der Waals surface area contributed by atoms with Crippen LogP contribution in [0.5, 0.6) is 5.75 Å². The summed E-state index contributed by atoms with van der Waals surface area (Å²) < 4.78 is 39.0. The van der Waals surface area contributed by atoms with Crippen LogP contribution >= 0.6 is 0 Å². The second-order valence-electron chi connectivity index (χ2n) is 6.37. The average molecular weight is 371 g/mol. The monoisotopic (exact) mass is 371 g/mol. The van der Waals surface area contributed by atoms with Crippen LogP contribution in [-0.2, 0) is 10.1 Å². The Kier molecular flexibility index (Phi) is 9.90. The molecule has 1 aromatic rings. The molecule has 1 unspecified atom stereocenters. The second-order valence-corrected chi connectivity index (χ2v) is 7.82. The number of fused-ring (bicyclic) bond motifs is 1. The molecule has 0 saturated heterocycles. The molecule has 8 heteroatoms. The molecule has 1 aliphatic rings. The Bertz CT molecular complexity index is 649. The van der Waals surface area contributed by atoms with E-state index in [9.17, 15) is 13.0 Å². The Morgan fingerprint density at radius 1 is 1.38 bits per heavy atom. The van der Waals surface area contributed by atoms with Crippen LogP contribution in [0, 0.1) is 6.92 Å². The number of hydrogen-bond donors (Lipinski definition) is 0. The second kappa shape index (κ2) is 9.60. The maximum Gasteiger partial charge on any atom is 1.00 e. The fraction of sp³-hybridized carbons (Fsp3) is 0.562. The normalized spacial score (nSPS) is 18.9. The molecule has 0 spiro atoms. The van der Waals surface area contributed by atoms with E-state index in [1.54, 1.807) is 7.11 Å². The zero-order valence-corrected chi connectivity index (χ0v) is 20.1. The van der Waals surface area contributed by atoms with E-state index in [2.05, 4.69) is 25.7 Å². The molecule has 0 aromatic heterocycles. The van der Waals surface area contributed by atoms with E-state index in [0.717, 1.165) is 24.2 Å². The van der Waals surface area contributed by atoms with Gasteiger partial charge >= 0.3 is 59.1 Å². The van der Waals surface area contributed by atoms with Crippen molar-refractivity contribution in [2.24, 2.45) is 0 Å². The van der Waals surface area contributed by atoms with Crippen molar-refractivity contribution in [3.63, 3.8) is 0 Å². The summed E-state index contributed by atoms with van der Waals surface area (Å²) in [6, 6.07) is 5.59. The van der Waals surface area contributed by atoms with E-state index in [0.29, 0.717) is 12.2 Å². The summed E-state index contributed by atoms with van der Waals surface area (Å²) in [6.07, 6.45) is 1.36. The number of anilines is 1. The molecule has 0 bridgehead atoms. The van der Waals surface area contributed by atoms with Crippen molar-refractivity contribution < 1.29 is 76.8 Å². The molecular weight excluding hydrogens is 348 g/mol. The number of methoxy groups -OCH3 is 1. The minimum Gasteiger partial charge on any atom is -0.748 e. The third-order valence-corrected chi connectivity index (χ3v) is 5.04. The summed E-state index contributed by atoms with van der Waals surface area (Å²) in [4.78, 5) is 2.23. The van der Waals surface area contributed by atoms with Gasteiger partial charge in [0.1, 0.15) is 5.75 Å². The van der Waals surface area contributed by atoms with Crippen LogP contribution in [0.3, 0.4) is 0 Å². The largest absolute Gasteiger partial charge is 1.00 e. The van der Waals surface area contributed by atoms with Crippen LogP contribution in [0.2, 0.25) is 0 Å². The van der Waals surface area contributed by atoms with Gasteiger partial charge in [0, 0.05) is 29.0 Å². The van der Waals surface area contributed by atoms with Crippen LogP contribution in [0.4, 0.5) is 5.69 Å². The quantitative estimate of drug-likeness (QED) is 0.306. The molecule has 0 N–H and O–H groups in total. The van der Waals surface area contributed by atoms with E-state index in [-0.39, 0.29) is 76.3 Å². The summed E-state index contributed by atoms with van der Waals surface area (Å²) in [5.74, 6) is 0.0576. The van der Waals surface area contributed by atoms with Gasteiger partial charge in [0.25, 0.3) is 0 Å². The van der Waals surface area contributed by atoms with Gasteiger partial charge in [-0.1, -0.05) is 6.07 Å². The fourth-order valence-corrected chi connectivity index (χ4v) is 4.15. The standard InChI is InChI=1S/C16H24NO4S.2Na/c1-5-8-17-15-9-13(21-4)6-7-14(15)12(10-16(17,2)3)11-22(18,19)20;;/h6-7,9,12H,1,5,8,10-11H2,2-4H3,(H,18,19,20);;/q-1;2*+1/p-1. The van der Waals surface area contributed by atoms with E-state index in [1.807, 2.05) is 18.2 Å². The molecular formula is C16H23NNa2O4S. The van der Waals surface area contributed by atoms with Gasteiger partial charge in [-0.25, -0.2) is 8.42 Å². The van der Waals surface area contributed by atoms with E-state index >= 15 is 0 Å². The molecule has 1 aromatic carbocycles. The summed E-state index contributed by atoms with van der Waals surface area (Å²) in [5.41, 5.74) is 1.59. The first-order chi connectivity index (χ1) is 10.2. The van der Waals surface area contributed by atoms with Crippen molar-refractivity contribution >= 4 is 15.8 Å². The van der Waals surface area contributed by atoms with Crippen molar-refractivity contribution in [3.8, 4) is 5.75 Å². The smallest absolute Gasteiger partial charge is 0.748 e. The molecule has 1 aliphatic heterocycles. The van der Waals surface area contributed by atoms with Gasteiger partial charge in [-0.2, -0.15) is 6.42 Å². The minimum atomic E-state index is -4.27. The van der Waals surface area contributed by atoms with Gasteiger partial charge in [0.05, 0.1) is 17.2 Å². The first-order valence-corrected chi connectivity index (χ1v) is 8.94. The molecule has 0 amide bonds. The third-order valence-electron chi connectivity index (χ3n) is 4.23. The Balaban J connectivity index is 0.00000264. The van der Waals surface area contributed by atoms with Gasteiger partial charge < -0.3 is 21.1 Å².